The number of nitrogens with zero attached hydrogens (tertiary/aromatic N) is 3. The molecule has 3 heterocycles. The molecule has 2 N–H and O–H groups in total. The molecule has 26 heavy (non-hydrogen) atoms. The summed E-state index contributed by atoms with van der Waals surface area (Å²) in [5.74, 6) is 0.0748. The van der Waals surface area contributed by atoms with E-state index in [0.29, 0.717) is 31.5 Å². The lowest BCUT2D eigenvalue weighted by Gasteiger charge is -2.35. The second-order valence-electron chi connectivity index (χ2n) is 7.98. The Balaban J connectivity index is 1.49. The number of carbonyl (C=O) groups is 1. The Morgan fingerprint density at radius 2 is 1.96 bits per heavy atom. The highest BCUT2D eigenvalue weighted by Crippen LogP contribution is 2.27. The fraction of sp³-hybridized carbons (Fsp3) is 0.789. The average Bonchev–Trinajstić information content (AvgIpc) is 3.22. The maximum atomic E-state index is 13.1. The van der Waals surface area contributed by atoms with Crippen LogP contribution in [0.3, 0.4) is 0 Å². The zero-order valence-electron chi connectivity index (χ0n) is 16.0. The van der Waals surface area contributed by atoms with Crippen LogP contribution in [0.25, 0.3) is 0 Å². The van der Waals surface area contributed by atoms with Gasteiger partial charge in [0.25, 0.3) is 5.91 Å². The van der Waals surface area contributed by atoms with E-state index in [1.54, 1.807) is 0 Å². The van der Waals surface area contributed by atoms with Crippen LogP contribution in [0.5, 0.6) is 0 Å². The standard InChI is InChI=1S/C19H31N5O2/c1-13-10-23(11-14(2)26-13)19(25)18-16-4-3-5-17(16)24(22-18)12-21-15-6-8-20-9-7-15/h13-15,20-21H,3-12H2,1-2H3/t13-,14+. The van der Waals surface area contributed by atoms with Gasteiger partial charge in [-0.2, -0.15) is 5.10 Å². The van der Waals surface area contributed by atoms with Crippen LogP contribution in [-0.4, -0.2) is 65.0 Å². The van der Waals surface area contributed by atoms with Gasteiger partial charge in [-0.15, -0.1) is 0 Å². The van der Waals surface area contributed by atoms with Crippen LogP contribution in [0.1, 0.15) is 54.9 Å². The van der Waals surface area contributed by atoms with Crippen LogP contribution in [0.2, 0.25) is 0 Å². The average molecular weight is 361 g/mol. The fourth-order valence-electron chi connectivity index (χ4n) is 4.55. The molecule has 7 nitrogen and oxygen atoms in total. The van der Waals surface area contributed by atoms with Gasteiger partial charge in [-0.3, -0.25) is 14.8 Å². The zero-order chi connectivity index (χ0) is 18.1. The second-order valence-corrected chi connectivity index (χ2v) is 7.98. The summed E-state index contributed by atoms with van der Waals surface area (Å²) in [6.07, 6.45) is 5.59. The first-order valence-electron chi connectivity index (χ1n) is 10.1. The lowest BCUT2D eigenvalue weighted by atomic mass is 10.1. The minimum absolute atomic E-state index is 0.0748. The summed E-state index contributed by atoms with van der Waals surface area (Å²) >= 11 is 0. The molecule has 2 fully saturated rings. The number of piperidine rings is 1. The highest BCUT2D eigenvalue weighted by atomic mass is 16.5. The molecule has 3 aliphatic rings. The minimum atomic E-state index is 0.0748. The molecule has 0 radical (unpaired) electrons. The first-order chi connectivity index (χ1) is 12.6. The summed E-state index contributed by atoms with van der Waals surface area (Å²) in [7, 11) is 0. The van der Waals surface area contributed by atoms with Crippen molar-refractivity contribution in [3.05, 3.63) is 17.0 Å². The molecule has 1 amide bonds. The number of hydrogen-bond acceptors (Lipinski definition) is 5. The molecule has 2 atom stereocenters. The Labute approximate surface area is 155 Å². The fourth-order valence-corrected chi connectivity index (χ4v) is 4.55. The van der Waals surface area contributed by atoms with Gasteiger partial charge in [0.05, 0.1) is 18.9 Å². The normalized spacial score (nSPS) is 26.9. The second kappa shape index (κ2) is 7.66. The number of aromatic nitrogens is 2. The van der Waals surface area contributed by atoms with Crippen molar-refractivity contribution in [1.82, 2.24) is 25.3 Å². The molecule has 4 rings (SSSR count). The van der Waals surface area contributed by atoms with Gasteiger partial charge in [-0.25, -0.2) is 0 Å². The first-order valence-corrected chi connectivity index (χ1v) is 10.1. The van der Waals surface area contributed by atoms with E-state index < -0.39 is 0 Å². The Morgan fingerprint density at radius 1 is 1.23 bits per heavy atom. The van der Waals surface area contributed by atoms with Gasteiger partial charge in [-0.05, 0) is 59.0 Å². The van der Waals surface area contributed by atoms with E-state index in [1.165, 1.54) is 11.3 Å². The predicted octanol–water partition coefficient (Wildman–Crippen LogP) is 0.920. The third kappa shape index (κ3) is 3.66. The number of rotatable bonds is 4. The van der Waals surface area contributed by atoms with Crippen molar-refractivity contribution in [2.75, 3.05) is 26.2 Å². The Bertz CT molecular complexity index is 643. The summed E-state index contributed by atoms with van der Waals surface area (Å²) in [6.45, 7) is 8.22. The van der Waals surface area contributed by atoms with Gasteiger partial charge in [0, 0.05) is 30.4 Å². The quantitative estimate of drug-likeness (QED) is 0.835. The monoisotopic (exact) mass is 361 g/mol. The minimum Gasteiger partial charge on any atom is -0.372 e. The molecule has 1 aromatic heterocycles. The first kappa shape index (κ1) is 17.9. The maximum Gasteiger partial charge on any atom is 0.274 e. The summed E-state index contributed by atoms with van der Waals surface area (Å²) in [5.41, 5.74) is 3.10. The number of morpholine rings is 1. The molecule has 1 aliphatic carbocycles. The van der Waals surface area contributed by atoms with Crippen molar-refractivity contribution in [2.45, 2.75) is 70.9 Å². The number of ether oxygens (including phenoxy) is 1. The number of fused-ring (bicyclic) bond motifs is 1. The van der Waals surface area contributed by atoms with E-state index in [-0.39, 0.29) is 18.1 Å². The number of amides is 1. The Morgan fingerprint density at radius 3 is 2.69 bits per heavy atom. The van der Waals surface area contributed by atoms with E-state index in [4.69, 9.17) is 9.84 Å². The third-order valence-electron chi connectivity index (χ3n) is 5.79. The van der Waals surface area contributed by atoms with Gasteiger partial charge < -0.3 is 15.0 Å². The zero-order valence-corrected chi connectivity index (χ0v) is 16.0. The van der Waals surface area contributed by atoms with Crippen LogP contribution in [0.15, 0.2) is 0 Å². The Hall–Kier alpha value is -1.44. The van der Waals surface area contributed by atoms with Crippen molar-refractivity contribution >= 4 is 5.91 Å². The van der Waals surface area contributed by atoms with E-state index in [0.717, 1.165) is 45.2 Å². The molecule has 0 saturated carbocycles. The lowest BCUT2D eigenvalue weighted by Crippen LogP contribution is -2.48. The van der Waals surface area contributed by atoms with E-state index >= 15 is 0 Å². The lowest BCUT2D eigenvalue weighted by molar-refractivity contribution is -0.0587. The summed E-state index contributed by atoms with van der Waals surface area (Å²) < 4.78 is 7.82. The molecular weight excluding hydrogens is 330 g/mol. The molecule has 0 unspecified atom stereocenters. The van der Waals surface area contributed by atoms with Crippen LogP contribution >= 0.6 is 0 Å². The number of nitrogens with one attached hydrogen (secondary N) is 2. The van der Waals surface area contributed by atoms with E-state index in [1.807, 2.05) is 23.4 Å². The molecule has 2 aliphatic heterocycles. The van der Waals surface area contributed by atoms with Gasteiger partial charge in [0.1, 0.15) is 0 Å². The van der Waals surface area contributed by atoms with Gasteiger partial charge in [0.2, 0.25) is 0 Å². The Kier molecular flexibility index (Phi) is 5.29. The molecule has 0 bridgehead atoms. The molecule has 2 saturated heterocycles. The molecule has 0 aromatic carbocycles. The summed E-state index contributed by atoms with van der Waals surface area (Å²) in [5, 5.41) is 11.8. The van der Waals surface area contributed by atoms with Crippen molar-refractivity contribution in [1.29, 1.82) is 0 Å². The van der Waals surface area contributed by atoms with E-state index in [9.17, 15) is 4.79 Å². The molecule has 7 heteroatoms. The van der Waals surface area contributed by atoms with Crippen molar-refractivity contribution in [3.8, 4) is 0 Å². The molecule has 1 aromatic rings. The topological polar surface area (TPSA) is 71.4 Å². The SMILES string of the molecule is C[C@@H]1CN(C(=O)c2nn(CNC3CCNCC3)c3c2CCC3)C[C@H](C)O1. The summed E-state index contributed by atoms with van der Waals surface area (Å²) in [6, 6.07) is 0.539. The van der Waals surface area contributed by atoms with Crippen LogP contribution in [0, 0.1) is 0 Å². The highest BCUT2D eigenvalue weighted by Gasteiger charge is 2.32. The van der Waals surface area contributed by atoms with Crippen molar-refractivity contribution in [2.24, 2.45) is 0 Å². The third-order valence-corrected chi connectivity index (χ3v) is 5.79. The van der Waals surface area contributed by atoms with E-state index in [2.05, 4.69) is 10.6 Å². The van der Waals surface area contributed by atoms with Crippen LogP contribution < -0.4 is 10.6 Å². The molecule has 144 valence electrons. The maximum absolute atomic E-state index is 13.1. The van der Waals surface area contributed by atoms with Gasteiger partial charge in [-0.1, -0.05) is 0 Å². The highest BCUT2D eigenvalue weighted by molar-refractivity contribution is 5.94. The van der Waals surface area contributed by atoms with Crippen LogP contribution in [0.4, 0.5) is 0 Å². The predicted molar refractivity (Wildman–Crippen MR) is 99.2 cm³/mol. The number of carbonyl (C=O) groups excluding carboxylic acids is 1. The van der Waals surface area contributed by atoms with Gasteiger partial charge >= 0.3 is 0 Å². The number of hydrogen-bond donors (Lipinski definition) is 2. The van der Waals surface area contributed by atoms with Crippen LogP contribution in [-0.2, 0) is 24.2 Å². The smallest absolute Gasteiger partial charge is 0.274 e. The summed E-state index contributed by atoms with van der Waals surface area (Å²) in [4.78, 5) is 15.1. The molecule has 0 spiro atoms. The van der Waals surface area contributed by atoms with Crippen molar-refractivity contribution < 1.29 is 9.53 Å². The van der Waals surface area contributed by atoms with Gasteiger partial charge in [0.15, 0.2) is 5.69 Å². The molecular formula is C19H31N5O2. The van der Waals surface area contributed by atoms with Crippen molar-refractivity contribution in [3.63, 3.8) is 0 Å². The largest absolute Gasteiger partial charge is 0.372 e.